The van der Waals surface area contributed by atoms with Gasteiger partial charge < -0.3 is 15.2 Å². The molecule has 1 aromatic heterocycles. The first-order valence-electron chi connectivity index (χ1n) is 9.40. The number of aldehydes is 1. The number of esters is 2. The maximum Gasteiger partial charge on any atom is 0.347 e. The molecule has 34 heavy (non-hydrogen) atoms. The van der Waals surface area contributed by atoms with E-state index in [1.165, 1.54) is 31.3 Å². The number of nitrogens with two attached hydrogens (primary N) is 1. The van der Waals surface area contributed by atoms with Crippen LogP contribution in [0.5, 0.6) is 0 Å². The van der Waals surface area contributed by atoms with Crippen LogP contribution >= 0.6 is 46.9 Å². The van der Waals surface area contributed by atoms with Crippen LogP contribution in [0.25, 0.3) is 0 Å². The van der Waals surface area contributed by atoms with E-state index in [4.69, 9.17) is 39.1 Å². The Morgan fingerprint density at radius 3 is 2.21 bits per heavy atom. The van der Waals surface area contributed by atoms with Gasteiger partial charge in [-0.15, -0.1) is 23.7 Å². The third kappa shape index (κ3) is 15.3. The van der Waals surface area contributed by atoms with Crippen LogP contribution in [-0.4, -0.2) is 47.0 Å². The van der Waals surface area contributed by atoms with Crippen LogP contribution in [0.15, 0.2) is 29.8 Å². The van der Waals surface area contributed by atoms with E-state index in [0.717, 1.165) is 0 Å². The Kier molecular flexibility index (Phi) is 17.7. The number of ketones is 1. The van der Waals surface area contributed by atoms with Crippen molar-refractivity contribution in [2.45, 2.75) is 46.3 Å². The van der Waals surface area contributed by atoms with E-state index < -0.39 is 18.0 Å². The lowest BCUT2D eigenvalue weighted by Crippen LogP contribution is -2.28. The minimum Gasteiger partial charge on any atom is -0.460 e. The van der Waals surface area contributed by atoms with Gasteiger partial charge in [-0.3, -0.25) is 19.8 Å². The summed E-state index contributed by atoms with van der Waals surface area (Å²) in [5.41, 5.74) is 5.55. The summed E-state index contributed by atoms with van der Waals surface area (Å²) >= 11 is 12.6. The zero-order valence-electron chi connectivity index (χ0n) is 18.9. The largest absolute Gasteiger partial charge is 0.460 e. The highest BCUT2D eigenvalue weighted by molar-refractivity contribution is 7.11. The van der Waals surface area contributed by atoms with Crippen LogP contribution in [0.4, 0.5) is 0 Å². The van der Waals surface area contributed by atoms with Crippen molar-refractivity contribution in [1.29, 1.82) is 5.41 Å². The first-order chi connectivity index (χ1) is 15.4. The molecule has 0 aliphatic carbocycles. The maximum absolute atomic E-state index is 11.2. The number of hydrogen-bond donors (Lipinski definition) is 2. The third-order valence-electron chi connectivity index (χ3n) is 3.14. The van der Waals surface area contributed by atoms with Crippen LogP contribution in [0, 0.1) is 5.41 Å². The van der Waals surface area contributed by atoms with Crippen molar-refractivity contribution in [3.8, 4) is 0 Å². The highest BCUT2D eigenvalue weighted by atomic mass is 35.5. The van der Waals surface area contributed by atoms with Gasteiger partial charge in [0.1, 0.15) is 12.2 Å². The first-order valence-corrected chi connectivity index (χ1v) is 11.0. The SMILES string of the molecule is CC(=O)CC(=O)O[C@H](C)C(=O)OC(C)C.Cl.N=C(N)c1nccs1.O=Cc1ccc(Cl)cc1Cl. The number of halogens is 3. The van der Waals surface area contributed by atoms with Crippen LogP contribution in [0.2, 0.25) is 10.0 Å². The molecule has 3 N–H and O–H groups in total. The number of nitrogens with zero attached hydrogens (tertiary/aromatic N) is 1. The monoisotopic (exact) mass is 553 g/mol. The van der Waals surface area contributed by atoms with Gasteiger partial charge in [0.2, 0.25) is 0 Å². The number of nitrogens with one attached hydrogen (secondary N) is 1. The molecular weight excluding hydrogens is 529 g/mol. The van der Waals surface area contributed by atoms with Gasteiger partial charge >= 0.3 is 11.9 Å². The van der Waals surface area contributed by atoms with Gasteiger partial charge in [-0.25, -0.2) is 9.78 Å². The minimum atomic E-state index is -0.973. The Morgan fingerprint density at radius 2 is 1.82 bits per heavy atom. The number of ether oxygens (including phenoxy) is 2. The Morgan fingerprint density at radius 1 is 1.21 bits per heavy atom. The van der Waals surface area contributed by atoms with Crippen molar-refractivity contribution in [3.05, 3.63) is 50.4 Å². The van der Waals surface area contributed by atoms with Gasteiger partial charge in [0.15, 0.2) is 23.2 Å². The van der Waals surface area contributed by atoms with E-state index in [1.807, 2.05) is 0 Å². The number of thiazole rings is 1. The van der Waals surface area contributed by atoms with E-state index in [-0.39, 0.29) is 36.6 Å². The van der Waals surface area contributed by atoms with Crippen molar-refractivity contribution in [2.24, 2.45) is 5.73 Å². The summed E-state index contributed by atoms with van der Waals surface area (Å²) in [6.45, 7) is 6.07. The van der Waals surface area contributed by atoms with Gasteiger partial charge in [0, 0.05) is 22.2 Å². The van der Waals surface area contributed by atoms with E-state index in [9.17, 15) is 19.2 Å². The van der Waals surface area contributed by atoms with Gasteiger partial charge in [0.05, 0.1) is 11.1 Å². The van der Waals surface area contributed by atoms with E-state index >= 15 is 0 Å². The Balaban J connectivity index is 0. The van der Waals surface area contributed by atoms with Crippen molar-refractivity contribution in [2.75, 3.05) is 0 Å². The maximum atomic E-state index is 11.2. The van der Waals surface area contributed by atoms with Gasteiger partial charge in [-0.1, -0.05) is 23.2 Å². The fourth-order valence-corrected chi connectivity index (χ4v) is 2.72. The Bertz CT molecular complexity index is 955. The number of hydrogen-bond acceptors (Lipinski definition) is 9. The topological polar surface area (TPSA) is 150 Å². The number of nitrogen functional groups attached to an aromatic ring is 1. The Labute approximate surface area is 217 Å². The van der Waals surface area contributed by atoms with Crippen LogP contribution in [0.1, 0.15) is 49.5 Å². The molecule has 2 aromatic rings. The van der Waals surface area contributed by atoms with Crippen molar-refractivity contribution in [1.82, 2.24) is 4.98 Å². The van der Waals surface area contributed by atoms with Crippen molar-refractivity contribution >= 4 is 76.8 Å². The van der Waals surface area contributed by atoms with Crippen LogP contribution in [-0.2, 0) is 23.9 Å². The predicted molar refractivity (Wildman–Crippen MR) is 134 cm³/mol. The average Bonchev–Trinajstić information content (AvgIpc) is 3.23. The lowest BCUT2D eigenvalue weighted by Gasteiger charge is -2.14. The Hall–Kier alpha value is -2.53. The molecule has 1 aromatic carbocycles. The van der Waals surface area contributed by atoms with Crippen LogP contribution < -0.4 is 5.73 Å². The molecule has 0 amide bonds. The second-order valence-corrected chi connectivity index (χ2v) is 8.27. The normalized spacial score (nSPS) is 10.2. The number of Topliss-reactive ketones (excluding diaryl/α,β-unsaturated/α-hetero) is 1. The smallest absolute Gasteiger partial charge is 0.347 e. The first kappa shape index (κ1) is 33.6. The van der Waals surface area contributed by atoms with Crippen LogP contribution in [0.3, 0.4) is 0 Å². The molecule has 0 spiro atoms. The zero-order chi connectivity index (χ0) is 25.6. The highest BCUT2D eigenvalue weighted by Crippen LogP contribution is 2.18. The fraction of sp³-hybridized carbons (Fsp3) is 0.333. The standard InChI is InChI=1S/C10H16O5.C7H4Cl2O.C4H5N3S.ClH/c1-6(2)14-10(13)8(4)15-9(12)5-7(3)11;8-6-2-1-5(4-10)7(9)3-6;5-3(6)4-7-1-2-8-4;/h6,8H,5H2,1-4H3;1-4H;1-2H,(H3,5,6);1H/t8-;;;/m1.../s1. The van der Waals surface area contributed by atoms with E-state index in [2.05, 4.69) is 9.72 Å². The second-order valence-electron chi connectivity index (χ2n) is 6.53. The minimum absolute atomic E-state index is 0. The molecule has 0 radical (unpaired) electrons. The summed E-state index contributed by atoms with van der Waals surface area (Å²) in [7, 11) is 0. The number of benzene rings is 1. The number of aromatic nitrogens is 1. The lowest BCUT2D eigenvalue weighted by atomic mass is 10.2. The molecule has 0 bridgehead atoms. The van der Waals surface area contributed by atoms with Gasteiger partial charge in [-0.05, 0) is 45.9 Å². The summed E-state index contributed by atoms with van der Waals surface area (Å²) < 4.78 is 9.51. The summed E-state index contributed by atoms with van der Waals surface area (Å²) in [5, 5.41) is 10.2. The molecule has 13 heteroatoms. The van der Waals surface area contributed by atoms with Gasteiger partial charge in [0.25, 0.3) is 0 Å². The predicted octanol–water partition coefficient (Wildman–Crippen LogP) is 4.50. The molecule has 0 unspecified atom stereocenters. The molecule has 2 rings (SSSR count). The number of carbonyl (C=O) groups is 4. The van der Waals surface area contributed by atoms with E-state index in [1.54, 1.807) is 37.6 Å². The summed E-state index contributed by atoms with van der Waals surface area (Å²) in [6.07, 6.45) is 0.769. The number of amidine groups is 1. The third-order valence-corrected chi connectivity index (χ3v) is 4.51. The second kappa shape index (κ2) is 17.9. The number of rotatable bonds is 7. The molecule has 0 aliphatic heterocycles. The number of carbonyl (C=O) groups excluding carboxylic acids is 4. The molecule has 0 fully saturated rings. The molecule has 0 saturated carbocycles. The van der Waals surface area contributed by atoms with E-state index in [0.29, 0.717) is 26.9 Å². The summed E-state index contributed by atoms with van der Waals surface area (Å²) in [5.74, 6) is -1.58. The van der Waals surface area contributed by atoms with Gasteiger partial charge in [-0.2, -0.15) is 0 Å². The fourth-order valence-electron chi connectivity index (χ4n) is 1.77. The molecule has 9 nitrogen and oxygen atoms in total. The van der Waals surface area contributed by atoms with Crippen molar-refractivity contribution < 1.29 is 28.7 Å². The molecule has 0 saturated heterocycles. The molecule has 188 valence electrons. The average molecular weight is 555 g/mol. The summed E-state index contributed by atoms with van der Waals surface area (Å²) in [4.78, 5) is 46.8. The van der Waals surface area contributed by atoms with Crippen molar-refractivity contribution in [3.63, 3.8) is 0 Å². The highest BCUT2D eigenvalue weighted by Gasteiger charge is 2.20. The molecule has 1 heterocycles. The molecule has 0 aliphatic rings. The zero-order valence-corrected chi connectivity index (χ0v) is 22.0. The lowest BCUT2D eigenvalue weighted by molar-refractivity contribution is -0.169. The molecule has 1 atom stereocenters. The molecular formula is C21H26Cl3N3O6S. The quantitative estimate of drug-likeness (QED) is 0.167. The summed E-state index contributed by atoms with van der Waals surface area (Å²) in [6, 6.07) is 4.74.